The van der Waals surface area contributed by atoms with Crippen LogP contribution in [0.2, 0.25) is 0 Å². The first-order valence-corrected chi connectivity index (χ1v) is 10.0. The average molecular weight is 409 g/mol. The summed E-state index contributed by atoms with van der Waals surface area (Å²) in [6.45, 7) is 1.73. The highest BCUT2D eigenvalue weighted by Crippen LogP contribution is 2.36. The number of carbonyl (C=O) groups excluding carboxylic acids is 2. The summed E-state index contributed by atoms with van der Waals surface area (Å²) in [6.07, 6.45) is 4.42. The number of nitrogens with zero attached hydrogens (tertiary/aromatic N) is 1. The minimum Gasteiger partial charge on any atom is -0.376 e. The number of ether oxygens (including phenoxy) is 1. The van der Waals surface area contributed by atoms with Crippen molar-refractivity contribution in [1.29, 1.82) is 0 Å². The van der Waals surface area contributed by atoms with Crippen molar-refractivity contribution in [2.24, 2.45) is 5.73 Å². The van der Waals surface area contributed by atoms with Gasteiger partial charge in [0.25, 0.3) is 5.91 Å². The van der Waals surface area contributed by atoms with E-state index in [4.69, 9.17) is 10.5 Å². The van der Waals surface area contributed by atoms with E-state index in [2.05, 4.69) is 22.8 Å². The Morgan fingerprint density at radius 1 is 1.10 bits per heavy atom. The number of carbonyl (C=O) groups is 2. The fourth-order valence-corrected chi connectivity index (χ4v) is 4.47. The molecule has 0 spiro atoms. The molecule has 29 heavy (non-hydrogen) atoms. The Labute approximate surface area is 172 Å². The van der Waals surface area contributed by atoms with Crippen molar-refractivity contribution < 1.29 is 18.9 Å². The van der Waals surface area contributed by atoms with Gasteiger partial charge in [-0.1, -0.05) is 30.3 Å². The molecule has 0 fully saturated rings. The molecule has 1 aromatic carbocycles. The van der Waals surface area contributed by atoms with Crippen molar-refractivity contribution >= 4 is 34.0 Å². The maximum atomic E-state index is 12.4. The van der Waals surface area contributed by atoms with Gasteiger partial charge in [0.05, 0.1) is 24.5 Å². The molecular formula is C21H21N4O3S+. The maximum Gasteiger partial charge on any atom is 0.324 e. The number of hydrogen-bond acceptors (Lipinski definition) is 4. The number of thiophene rings is 1. The Morgan fingerprint density at radius 3 is 2.59 bits per heavy atom. The van der Waals surface area contributed by atoms with Crippen LogP contribution in [0.3, 0.4) is 0 Å². The van der Waals surface area contributed by atoms with E-state index in [1.54, 1.807) is 0 Å². The number of rotatable bonds is 5. The highest BCUT2D eigenvalue weighted by Gasteiger charge is 2.25. The summed E-state index contributed by atoms with van der Waals surface area (Å²) in [4.78, 5) is 25.3. The summed E-state index contributed by atoms with van der Waals surface area (Å²) in [5, 5.41) is 6.00. The second-order valence-electron chi connectivity index (χ2n) is 6.70. The molecule has 3 amide bonds. The number of amides is 3. The normalized spacial score (nSPS) is 12.8. The molecule has 8 heteroatoms. The zero-order chi connectivity index (χ0) is 20.2. The lowest BCUT2D eigenvalue weighted by atomic mass is 10.1. The van der Waals surface area contributed by atoms with E-state index in [0.717, 1.165) is 17.0 Å². The van der Waals surface area contributed by atoms with Crippen LogP contribution in [0.15, 0.2) is 54.9 Å². The second-order valence-corrected chi connectivity index (χ2v) is 7.80. The van der Waals surface area contributed by atoms with E-state index < -0.39 is 11.9 Å². The largest absolute Gasteiger partial charge is 0.376 e. The summed E-state index contributed by atoms with van der Waals surface area (Å²) >= 11 is 1.33. The molecule has 3 heterocycles. The second kappa shape index (κ2) is 8.42. The van der Waals surface area contributed by atoms with Crippen molar-refractivity contribution in [2.45, 2.75) is 19.6 Å². The molecule has 0 saturated carbocycles. The number of nitrogens with two attached hydrogens (primary N) is 1. The first kappa shape index (κ1) is 19.1. The third-order valence-corrected chi connectivity index (χ3v) is 5.77. The number of anilines is 2. The third-order valence-electron chi connectivity index (χ3n) is 4.65. The minimum absolute atomic E-state index is 0.386. The van der Waals surface area contributed by atoms with E-state index in [1.165, 1.54) is 16.9 Å². The number of fused-ring (bicyclic) bond motifs is 1. The van der Waals surface area contributed by atoms with E-state index in [0.29, 0.717) is 35.9 Å². The van der Waals surface area contributed by atoms with Crippen LogP contribution in [-0.4, -0.2) is 18.5 Å². The average Bonchev–Trinajstić information content (AvgIpc) is 3.08. The van der Waals surface area contributed by atoms with E-state index in [9.17, 15) is 9.59 Å². The van der Waals surface area contributed by atoms with Gasteiger partial charge in [0, 0.05) is 22.6 Å². The van der Waals surface area contributed by atoms with Gasteiger partial charge in [-0.3, -0.25) is 10.1 Å². The molecule has 1 aliphatic rings. The van der Waals surface area contributed by atoms with E-state index >= 15 is 0 Å². The Morgan fingerprint density at radius 2 is 1.86 bits per heavy atom. The molecule has 0 saturated heterocycles. The van der Waals surface area contributed by atoms with Crippen LogP contribution in [-0.2, 0) is 24.3 Å². The molecular weight excluding hydrogens is 388 g/mol. The van der Waals surface area contributed by atoms with E-state index in [-0.39, 0.29) is 0 Å². The first-order chi connectivity index (χ1) is 14.1. The summed E-state index contributed by atoms with van der Waals surface area (Å²) in [6, 6.07) is 13.3. The number of aromatic nitrogens is 1. The predicted octanol–water partition coefficient (Wildman–Crippen LogP) is 2.90. The van der Waals surface area contributed by atoms with Crippen molar-refractivity contribution in [3.05, 3.63) is 76.4 Å². The lowest BCUT2D eigenvalue weighted by Crippen LogP contribution is -2.33. The Bertz CT molecular complexity index is 1030. The van der Waals surface area contributed by atoms with Crippen molar-refractivity contribution in [3.8, 4) is 0 Å². The fraction of sp³-hybridized carbons (Fsp3) is 0.190. The number of primary amides is 1. The molecule has 0 atom stereocenters. The highest BCUT2D eigenvalue weighted by molar-refractivity contribution is 7.17. The first-order valence-electron chi connectivity index (χ1n) is 9.23. The Balaban J connectivity index is 1.42. The van der Waals surface area contributed by atoms with Crippen molar-refractivity contribution in [3.63, 3.8) is 0 Å². The summed E-state index contributed by atoms with van der Waals surface area (Å²) in [7, 11) is 0. The maximum absolute atomic E-state index is 12.4. The molecule has 0 aliphatic carbocycles. The van der Waals surface area contributed by atoms with Gasteiger partial charge in [0.1, 0.15) is 5.00 Å². The lowest BCUT2D eigenvalue weighted by Gasteiger charge is -2.12. The number of hydrogen-bond donors (Lipinski definition) is 3. The Hall–Kier alpha value is -3.23. The quantitative estimate of drug-likeness (QED) is 0.565. The lowest BCUT2D eigenvalue weighted by molar-refractivity contribution is -0.688. The summed E-state index contributed by atoms with van der Waals surface area (Å²) in [5.41, 5.74) is 8.66. The molecule has 3 aromatic rings. The van der Waals surface area contributed by atoms with Gasteiger partial charge in [-0.2, -0.15) is 0 Å². The van der Waals surface area contributed by atoms with Crippen LogP contribution in [0.4, 0.5) is 15.5 Å². The zero-order valence-electron chi connectivity index (χ0n) is 15.7. The van der Waals surface area contributed by atoms with Gasteiger partial charge in [-0.15, -0.1) is 11.3 Å². The SMILES string of the molecule is NC(=O)c1c(NC(=O)Nc2cc[n+](Cc3ccccc3)cc2)sc2c1CCOC2. The van der Waals surface area contributed by atoms with Crippen molar-refractivity contribution in [2.75, 3.05) is 17.2 Å². The summed E-state index contributed by atoms with van der Waals surface area (Å²) in [5.74, 6) is -0.540. The molecule has 7 nitrogen and oxygen atoms in total. The third kappa shape index (κ3) is 4.44. The molecule has 4 N–H and O–H groups in total. The van der Waals surface area contributed by atoms with Crippen LogP contribution >= 0.6 is 11.3 Å². The predicted molar refractivity (Wildman–Crippen MR) is 111 cm³/mol. The molecule has 2 aromatic heterocycles. The number of urea groups is 1. The molecule has 0 radical (unpaired) electrons. The van der Waals surface area contributed by atoms with Crippen LogP contribution < -0.4 is 20.9 Å². The van der Waals surface area contributed by atoms with Crippen LogP contribution in [0.25, 0.3) is 0 Å². The highest BCUT2D eigenvalue weighted by atomic mass is 32.1. The molecule has 1 aliphatic heterocycles. The van der Waals surface area contributed by atoms with Gasteiger partial charge < -0.3 is 15.8 Å². The minimum atomic E-state index is -0.540. The zero-order valence-corrected chi connectivity index (χ0v) is 16.5. The summed E-state index contributed by atoms with van der Waals surface area (Å²) < 4.78 is 7.45. The van der Waals surface area contributed by atoms with Gasteiger partial charge in [-0.25, -0.2) is 9.36 Å². The van der Waals surface area contributed by atoms with Gasteiger partial charge in [-0.05, 0) is 12.0 Å². The topological polar surface area (TPSA) is 97.3 Å². The van der Waals surface area contributed by atoms with Gasteiger partial charge >= 0.3 is 6.03 Å². The van der Waals surface area contributed by atoms with Gasteiger partial charge in [0.2, 0.25) is 0 Å². The fourth-order valence-electron chi connectivity index (χ4n) is 3.29. The molecule has 148 valence electrons. The number of pyridine rings is 1. The van der Waals surface area contributed by atoms with Crippen LogP contribution in [0.1, 0.15) is 26.4 Å². The van der Waals surface area contributed by atoms with Gasteiger partial charge in [0.15, 0.2) is 18.9 Å². The van der Waals surface area contributed by atoms with E-state index in [1.807, 2.05) is 47.3 Å². The van der Waals surface area contributed by atoms with Crippen LogP contribution in [0.5, 0.6) is 0 Å². The van der Waals surface area contributed by atoms with Crippen molar-refractivity contribution in [1.82, 2.24) is 0 Å². The molecule has 0 bridgehead atoms. The standard InChI is InChI=1S/C21H20N4O3S/c22-19(26)18-16-8-11-28-13-17(16)29-20(18)24-21(27)23-15-6-9-25(10-7-15)12-14-4-2-1-3-5-14/h1-7,9-10H,8,11-13H2,(H3,22,24,26,27)/p+1. The Kier molecular flexibility index (Phi) is 5.55. The monoisotopic (exact) mass is 409 g/mol. The molecule has 0 unspecified atom stereocenters. The number of nitrogens with one attached hydrogen (secondary N) is 2. The smallest absolute Gasteiger partial charge is 0.324 e. The van der Waals surface area contributed by atoms with Crippen LogP contribution in [0, 0.1) is 0 Å². The molecule has 4 rings (SSSR count). The number of benzene rings is 1.